The van der Waals surface area contributed by atoms with Crippen LogP contribution in [-0.4, -0.2) is 5.84 Å². The van der Waals surface area contributed by atoms with Crippen LogP contribution in [0.5, 0.6) is 0 Å². The maximum absolute atomic E-state index is 5.58. The number of nitrogens with zero attached hydrogens (tertiary/aromatic N) is 1. The van der Waals surface area contributed by atoms with Gasteiger partial charge >= 0.3 is 0 Å². The molecule has 5 N–H and O–H groups in total. The molecular weight excluding hydrogens is 356 g/mol. The van der Waals surface area contributed by atoms with Crippen LogP contribution in [0.4, 0.5) is 0 Å². The van der Waals surface area contributed by atoms with Gasteiger partial charge in [-0.15, -0.1) is 0 Å². The highest BCUT2D eigenvalue weighted by atomic mass is 15.3. The summed E-state index contributed by atoms with van der Waals surface area (Å²) in [5.41, 5.74) is 3.80. The van der Waals surface area contributed by atoms with Crippen LogP contribution in [0.15, 0.2) is 5.10 Å². The van der Waals surface area contributed by atoms with Gasteiger partial charge in [0.1, 0.15) is 5.84 Å². The Bertz CT molecular complexity index is 618. The van der Waals surface area contributed by atoms with Gasteiger partial charge in [-0.25, -0.2) is 5.84 Å². The molecule has 0 saturated heterocycles. The fraction of sp³-hybridized carbons (Fsp3) is 0.960. The summed E-state index contributed by atoms with van der Waals surface area (Å²) in [4.78, 5) is 0. The molecule has 0 aliphatic heterocycles. The summed E-state index contributed by atoms with van der Waals surface area (Å²) in [5, 5.41) is 3.82. The van der Waals surface area contributed by atoms with Crippen molar-refractivity contribution in [3.63, 3.8) is 0 Å². The van der Waals surface area contributed by atoms with Crippen LogP contribution in [0, 0.1) is 52.3 Å². The molecular formula is C25H46N4. The summed E-state index contributed by atoms with van der Waals surface area (Å²) >= 11 is 0. The Morgan fingerprint density at radius 2 is 1.76 bits per heavy atom. The summed E-state index contributed by atoms with van der Waals surface area (Å²) in [6.07, 6.45) is 15.2. The highest BCUT2D eigenvalue weighted by Gasteiger charge is 2.61. The second kappa shape index (κ2) is 8.05. The third kappa shape index (κ3) is 3.42. The molecule has 29 heavy (non-hydrogen) atoms. The molecule has 0 heterocycles. The Kier molecular flexibility index (Phi) is 5.96. The number of fused-ring (bicyclic) bond motifs is 5. The first kappa shape index (κ1) is 21.5. The first-order valence-corrected chi connectivity index (χ1v) is 12.6. The Morgan fingerprint density at radius 3 is 2.45 bits per heavy atom. The minimum absolute atomic E-state index is 0.511. The van der Waals surface area contributed by atoms with Crippen LogP contribution in [0.25, 0.3) is 0 Å². The number of hydrogen-bond acceptors (Lipinski definition) is 3. The third-order valence-electron chi connectivity index (χ3n) is 10.8. The minimum atomic E-state index is 0.511. The van der Waals surface area contributed by atoms with Crippen molar-refractivity contribution in [1.29, 1.82) is 0 Å². The first-order chi connectivity index (χ1) is 13.9. The summed E-state index contributed by atoms with van der Waals surface area (Å²) in [6.45, 7) is 10.3. The summed E-state index contributed by atoms with van der Waals surface area (Å²) in [5.74, 6) is 18.4. The van der Waals surface area contributed by atoms with Crippen LogP contribution < -0.4 is 17.1 Å². The second-order valence-corrected chi connectivity index (χ2v) is 11.9. The van der Waals surface area contributed by atoms with E-state index >= 15 is 0 Å². The summed E-state index contributed by atoms with van der Waals surface area (Å²) < 4.78 is 0. The number of hydrazone groups is 1. The lowest BCUT2D eigenvalue weighted by Gasteiger charge is -2.63. The monoisotopic (exact) mass is 402 g/mol. The normalized spacial score (nSPS) is 49.8. The molecule has 0 spiro atoms. The maximum atomic E-state index is 5.58. The van der Waals surface area contributed by atoms with E-state index in [1.54, 1.807) is 0 Å². The van der Waals surface area contributed by atoms with Crippen molar-refractivity contribution in [2.24, 2.45) is 69.0 Å². The van der Waals surface area contributed by atoms with E-state index < -0.39 is 0 Å². The predicted molar refractivity (Wildman–Crippen MR) is 122 cm³/mol. The number of amidine groups is 1. The van der Waals surface area contributed by atoms with Crippen LogP contribution in [0.2, 0.25) is 0 Å². The van der Waals surface area contributed by atoms with E-state index in [9.17, 15) is 0 Å². The molecule has 0 radical (unpaired) electrons. The zero-order valence-corrected chi connectivity index (χ0v) is 19.4. The van der Waals surface area contributed by atoms with Crippen LogP contribution in [-0.2, 0) is 0 Å². The molecule has 4 nitrogen and oxygen atoms in total. The molecule has 4 heteroatoms. The molecule has 0 aromatic heterocycles. The smallest absolute Gasteiger partial charge is 0.135 e. The molecule has 0 amide bonds. The van der Waals surface area contributed by atoms with Gasteiger partial charge in [0.25, 0.3) is 0 Å². The fourth-order valence-electron chi connectivity index (χ4n) is 9.47. The van der Waals surface area contributed by atoms with Gasteiger partial charge in [0.15, 0.2) is 0 Å². The molecule has 0 aromatic carbocycles. The maximum Gasteiger partial charge on any atom is 0.135 e. The fourth-order valence-corrected chi connectivity index (χ4v) is 9.47. The van der Waals surface area contributed by atoms with Crippen LogP contribution in [0.1, 0.15) is 98.3 Å². The molecule has 0 bridgehead atoms. The van der Waals surface area contributed by atoms with Crippen molar-refractivity contribution in [2.75, 3.05) is 0 Å². The SMILES string of the molecule is CC[C@H]1CC2C3CCC(CC/C(=N/N)NN)C3(C)CC[C@@H]2C2(C)CC(C)CCC12. The number of rotatable bonds is 4. The van der Waals surface area contributed by atoms with E-state index in [2.05, 4.69) is 38.2 Å². The van der Waals surface area contributed by atoms with E-state index in [1.165, 1.54) is 64.2 Å². The van der Waals surface area contributed by atoms with Gasteiger partial charge in [-0.05, 0) is 104 Å². The number of hydrogen-bond donors (Lipinski definition) is 3. The lowest BCUT2D eigenvalue weighted by molar-refractivity contribution is -0.143. The van der Waals surface area contributed by atoms with E-state index in [1.807, 2.05) is 0 Å². The molecule has 7 unspecified atom stereocenters. The average molecular weight is 403 g/mol. The van der Waals surface area contributed by atoms with E-state index in [0.717, 1.165) is 53.7 Å². The standard InChI is InChI=1S/C25H46N4/c1-5-17-14-19-21-10-7-18(8-11-23(28-26)29-27)24(21,3)13-12-22(19)25(4)15-16(2)6-9-20(17)25/h16-22H,5-15,26-27H2,1-4H3,(H,28,29)/t16?,17-,18?,19?,20?,21?,22-,24?,25?/m0/s1. The van der Waals surface area contributed by atoms with Crippen molar-refractivity contribution in [1.82, 2.24) is 5.43 Å². The third-order valence-corrected chi connectivity index (χ3v) is 10.8. The van der Waals surface area contributed by atoms with Crippen LogP contribution >= 0.6 is 0 Å². The lowest BCUT2D eigenvalue weighted by Crippen LogP contribution is -2.56. The van der Waals surface area contributed by atoms with Gasteiger partial charge < -0.3 is 11.3 Å². The molecule has 4 aliphatic carbocycles. The molecule has 4 aliphatic rings. The first-order valence-electron chi connectivity index (χ1n) is 12.6. The van der Waals surface area contributed by atoms with Crippen molar-refractivity contribution >= 4 is 5.84 Å². The van der Waals surface area contributed by atoms with Crippen molar-refractivity contribution in [3.05, 3.63) is 0 Å². The zero-order valence-electron chi connectivity index (χ0n) is 19.4. The molecule has 4 rings (SSSR count). The van der Waals surface area contributed by atoms with E-state index in [-0.39, 0.29) is 0 Å². The number of nitrogens with two attached hydrogens (primary N) is 2. The molecule has 4 saturated carbocycles. The molecule has 0 aromatic rings. The zero-order chi connectivity index (χ0) is 20.8. The highest BCUT2D eigenvalue weighted by molar-refractivity contribution is 5.81. The highest BCUT2D eigenvalue weighted by Crippen LogP contribution is 2.69. The van der Waals surface area contributed by atoms with Crippen LogP contribution in [0.3, 0.4) is 0 Å². The van der Waals surface area contributed by atoms with Gasteiger partial charge in [-0.3, -0.25) is 0 Å². The largest absolute Gasteiger partial charge is 0.322 e. The van der Waals surface area contributed by atoms with Gasteiger partial charge in [0.05, 0.1) is 0 Å². The van der Waals surface area contributed by atoms with Crippen molar-refractivity contribution in [3.8, 4) is 0 Å². The molecule has 9 atom stereocenters. The van der Waals surface area contributed by atoms with Crippen molar-refractivity contribution < 1.29 is 0 Å². The average Bonchev–Trinajstić information content (AvgIpc) is 3.04. The van der Waals surface area contributed by atoms with Crippen molar-refractivity contribution in [2.45, 2.75) is 98.3 Å². The van der Waals surface area contributed by atoms with Gasteiger partial charge in [0, 0.05) is 6.42 Å². The minimum Gasteiger partial charge on any atom is -0.322 e. The van der Waals surface area contributed by atoms with Gasteiger partial charge in [-0.1, -0.05) is 40.5 Å². The Morgan fingerprint density at radius 1 is 1.03 bits per heavy atom. The Labute approximate surface area is 179 Å². The predicted octanol–water partition coefficient (Wildman–Crippen LogP) is 5.43. The Hall–Kier alpha value is -0.770. The Balaban J connectivity index is 1.55. The van der Waals surface area contributed by atoms with E-state index in [4.69, 9.17) is 11.7 Å². The second-order valence-electron chi connectivity index (χ2n) is 11.9. The number of hydrazine groups is 1. The summed E-state index contributed by atoms with van der Waals surface area (Å²) in [6, 6.07) is 0. The quantitative estimate of drug-likeness (QED) is 0.254. The topological polar surface area (TPSA) is 76.4 Å². The number of nitrogens with one attached hydrogen (secondary N) is 1. The molecule has 4 fully saturated rings. The summed E-state index contributed by atoms with van der Waals surface area (Å²) in [7, 11) is 0. The van der Waals surface area contributed by atoms with Gasteiger partial charge in [-0.2, -0.15) is 5.10 Å². The lowest BCUT2D eigenvalue weighted by atomic mass is 9.42. The molecule has 166 valence electrons. The van der Waals surface area contributed by atoms with Gasteiger partial charge in [0.2, 0.25) is 0 Å². The van der Waals surface area contributed by atoms with E-state index in [0.29, 0.717) is 10.8 Å².